The van der Waals surface area contributed by atoms with E-state index in [9.17, 15) is 14.4 Å². The molecule has 0 saturated carbocycles. The Balaban J connectivity index is 0. The predicted octanol–water partition coefficient (Wildman–Crippen LogP) is 10.5. The van der Waals surface area contributed by atoms with Crippen LogP contribution >= 0.6 is 0 Å². The van der Waals surface area contributed by atoms with Gasteiger partial charge >= 0.3 is 18.0 Å². The van der Waals surface area contributed by atoms with Gasteiger partial charge in [0.15, 0.2) is 0 Å². The highest BCUT2D eigenvalue weighted by Crippen LogP contribution is 2.13. The molecule has 9 heteroatoms. The zero-order chi connectivity index (χ0) is 36.5. The highest BCUT2D eigenvalue weighted by molar-refractivity contribution is 5.70. The second-order valence-electron chi connectivity index (χ2n) is 13.1. The van der Waals surface area contributed by atoms with Crippen molar-refractivity contribution in [3.63, 3.8) is 0 Å². The molecule has 0 saturated heterocycles. The maximum atomic E-state index is 12.4. The molecule has 0 aliphatic rings. The number of ether oxygens (including phenoxy) is 5. The number of hydrogen-bond donors (Lipinski definition) is 0. The van der Waals surface area contributed by atoms with Crippen LogP contribution in [0.1, 0.15) is 188 Å². The molecule has 0 fully saturated rings. The summed E-state index contributed by atoms with van der Waals surface area (Å²) in [7, 11) is 1.73. The quantitative estimate of drug-likeness (QED) is 0.0213. The molecule has 0 aliphatic carbocycles. The summed E-state index contributed by atoms with van der Waals surface area (Å²) in [6.07, 6.45) is 28.3. The number of hydrogen-bond acceptors (Lipinski definition) is 7. The van der Waals surface area contributed by atoms with Crippen LogP contribution < -0.4 is 0 Å². The SMILES string of the molecule is CCCCCCCCCCCCCC(=O)OCCN(CCOC(=O)CCCCCCCCCCCCC)C(=O)OCCC.CCOC[OH+]C. The molecular formula is C40H80NO8+. The molecule has 0 atom stereocenters. The van der Waals surface area contributed by atoms with Crippen LogP contribution in [-0.4, -0.2) is 81.1 Å². The van der Waals surface area contributed by atoms with Crippen LogP contribution in [0.25, 0.3) is 0 Å². The Hall–Kier alpha value is -1.87. The summed E-state index contributed by atoms with van der Waals surface area (Å²) < 4.78 is 24.5. The van der Waals surface area contributed by atoms with E-state index < -0.39 is 6.09 Å². The first-order valence-corrected chi connectivity index (χ1v) is 20.3. The average Bonchev–Trinajstić information content (AvgIpc) is 3.10. The van der Waals surface area contributed by atoms with Crippen molar-refractivity contribution in [3.8, 4) is 0 Å². The van der Waals surface area contributed by atoms with Crippen LogP contribution in [0.3, 0.4) is 0 Å². The van der Waals surface area contributed by atoms with E-state index in [1.807, 2.05) is 13.8 Å². The topological polar surface area (TPSA) is 104 Å². The van der Waals surface area contributed by atoms with E-state index in [1.165, 1.54) is 108 Å². The van der Waals surface area contributed by atoms with Gasteiger partial charge in [0.1, 0.15) is 20.3 Å². The molecule has 0 spiro atoms. The average molecular weight is 703 g/mol. The van der Waals surface area contributed by atoms with E-state index in [-0.39, 0.29) is 38.2 Å². The molecule has 292 valence electrons. The first-order chi connectivity index (χ1) is 24.0. The van der Waals surface area contributed by atoms with E-state index in [0.29, 0.717) is 26.2 Å². The lowest BCUT2D eigenvalue weighted by Crippen LogP contribution is -2.38. The summed E-state index contributed by atoms with van der Waals surface area (Å²) in [5, 5.41) is 0. The van der Waals surface area contributed by atoms with Gasteiger partial charge in [-0.05, 0) is 26.2 Å². The Kier molecular flexibility index (Phi) is 42.5. The van der Waals surface area contributed by atoms with Gasteiger partial charge in [-0.3, -0.25) is 9.59 Å². The maximum absolute atomic E-state index is 12.4. The molecule has 49 heavy (non-hydrogen) atoms. The van der Waals surface area contributed by atoms with Crippen molar-refractivity contribution in [1.29, 1.82) is 0 Å². The van der Waals surface area contributed by atoms with E-state index in [4.69, 9.17) is 18.9 Å². The number of esters is 2. The molecule has 0 rings (SSSR count). The van der Waals surface area contributed by atoms with Gasteiger partial charge in [0.25, 0.3) is 6.79 Å². The number of carbonyl (C=O) groups is 3. The molecule has 0 aromatic heterocycles. The van der Waals surface area contributed by atoms with Gasteiger partial charge < -0.3 is 28.6 Å². The van der Waals surface area contributed by atoms with Crippen LogP contribution in [0.5, 0.6) is 0 Å². The Morgan fingerprint density at radius 2 is 0.837 bits per heavy atom. The molecule has 0 aromatic rings. The molecule has 1 N–H and O–H groups in total. The van der Waals surface area contributed by atoms with Gasteiger partial charge in [-0.2, -0.15) is 0 Å². The van der Waals surface area contributed by atoms with E-state index in [0.717, 1.165) is 51.6 Å². The van der Waals surface area contributed by atoms with Crippen LogP contribution in [0, 0.1) is 0 Å². The van der Waals surface area contributed by atoms with E-state index in [2.05, 4.69) is 18.6 Å². The Morgan fingerprint density at radius 1 is 0.469 bits per heavy atom. The van der Waals surface area contributed by atoms with Crippen molar-refractivity contribution < 1.29 is 38.1 Å². The molecule has 0 aliphatic heterocycles. The van der Waals surface area contributed by atoms with Crippen molar-refractivity contribution in [1.82, 2.24) is 4.90 Å². The monoisotopic (exact) mass is 703 g/mol. The number of carbonyl (C=O) groups excluding carboxylic acids is 3. The van der Waals surface area contributed by atoms with Crippen molar-refractivity contribution in [2.75, 3.05) is 53.4 Å². The first kappa shape index (κ1) is 49.2. The van der Waals surface area contributed by atoms with Crippen LogP contribution in [-0.2, 0) is 28.5 Å². The number of unbranched alkanes of at least 4 members (excludes halogenated alkanes) is 20. The van der Waals surface area contributed by atoms with Crippen LogP contribution in [0.2, 0.25) is 0 Å². The first-order valence-electron chi connectivity index (χ1n) is 20.3. The maximum Gasteiger partial charge on any atom is 0.409 e. The standard InChI is InChI=1S/C36H69NO6.C4H10O2/c1-4-7-9-11-13-15-17-19-21-23-25-27-34(38)41-32-29-37(36(40)43-31-6-3)30-33-42-35(39)28-26-24-22-20-18-16-14-12-10-8-5-2;1-3-6-4-5-2/h4-33H2,1-3H3;3-4H2,1-2H3/p+1. The van der Waals surface area contributed by atoms with E-state index in [1.54, 1.807) is 7.11 Å². The lowest BCUT2D eigenvalue weighted by molar-refractivity contribution is -0.144. The molecule has 0 bridgehead atoms. The lowest BCUT2D eigenvalue weighted by Gasteiger charge is -2.21. The molecule has 0 radical (unpaired) electrons. The van der Waals surface area contributed by atoms with Gasteiger partial charge in [0.05, 0.1) is 26.3 Å². The fourth-order valence-corrected chi connectivity index (χ4v) is 5.31. The molecular weight excluding hydrogens is 622 g/mol. The van der Waals surface area contributed by atoms with Crippen molar-refractivity contribution in [3.05, 3.63) is 0 Å². The summed E-state index contributed by atoms with van der Waals surface area (Å²) >= 11 is 0. The van der Waals surface area contributed by atoms with Gasteiger partial charge in [-0.1, -0.05) is 149 Å². The number of aliphatic hydroxyl groups is 2. The normalized spacial score (nSPS) is 10.7. The van der Waals surface area contributed by atoms with Crippen LogP contribution in [0.4, 0.5) is 4.79 Å². The minimum absolute atomic E-state index is 0.116. The minimum Gasteiger partial charge on any atom is -0.464 e. The summed E-state index contributed by atoms with van der Waals surface area (Å²) in [5.41, 5.74) is 0. The minimum atomic E-state index is -0.468. The summed E-state index contributed by atoms with van der Waals surface area (Å²) in [6.45, 7) is 10.7. The summed E-state index contributed by atoms with van der Waals surface area (Å²) in [5.74, 6) is -0.451. The van der Waals surface area contributed by atoms with Gasteiger partial charge in [-0.15, -0.1) is 0 Å². The number of nitrogens with zero attached hydrogens (tertiary/aromatic N) is 1. The Labute approximate surface area is 302 Å². The fraction of sp³-hybridized carbons (Fsp3) is 0.925. The third-order valence-corrected chi connectivity index (χ3v) is 8.33. The van der Waals surface area contributed by atoms with Crippen molar-refractivity contribution in [2.45, 2.75) is 188 Å². The van der Waals surface area contributed by atoms with Crippen molar-refractivity contribution >= 4 is 18.0 Å². The molecule has 1 amide bonds. The highest BCUT2D eigenvalue weighted by atomic mass is 16.7. The molecule has 9 nitrogen and oxygen atoms in total. The second-order valence-corrected chi connectivity index (χ2v) is 13.1. The lowest BCUT2D eigenvalue weighted by atomic mass is 10.1. The fourth-order valence-electron chi connectivity index (χ4n) is 5.31. The number of amides is 1. The van der Waals surface area contributed by atoms with Gasteiger partial charge in [-0.25, -0.2) is 4.79 Å². The molecule has 0 aromatic carbocycles. The van der Waals surface area contributed by atoms with E-state index >= 15 is 0 Å². The Morgan fingerprint density at radius 3 is 1.14 bits per heavy atom. The van der Waals surface area contributed by atoms with Crippen molar-refractivity contribution in [2.24, 2.45) is 0 Å². The largest absolute Gasteiger partial charge is 0.464 e. The Bertz CT molecular complexity index is 658. The predicted molar refractivity (Wildman–Crippen MR) is 202 cm³/mol. The number of rotatable bonds is 35. The highest BCUT2D eigenvalue weighted by Gasteiger charge is 2.16. The third kappa shape index (κ3) is 40.4. The van der Waals surface area contributed by atoms with Gasteiger partial charge in [0, 0.05) is 12.8 Å². The smallest absolute Gasteiger partial charge is 0.409 e. The zero-order valence-electron chi connectivity index (χ0n) is 32.9. The summed E-state index contributed by atoms with van der Waals surface area (Å²) in [4.78, 5) is 38.2. The summed E-state index contributed by atoms with van der Waals surface area (Å²) in [6, 6.07) is 0. The van der Waals surface area contributed by atoms with Crippen LogP contribution in [0.15, 0.2) is 0 Å². The zero-order valence-corrected chi connectivity index (χ0v) is 32.9. The molecule has 0 heterocycles. The van der Waals surface area contributed by atoms with Gasteiger partial charge in [0.2, 0.25) is 0 Å². The molecule has 0 unspecified atom stereocenters. The second kappa shape index (κ2) is 42.3. The third-order valence-electron chi connectivity index (χ3n) is 8.33.